The summed E-state index contributed by atoms with van der Waals surface area (Å²) in [6.45, 7) is 3.85. The summed E-state index contributed by atoms with van der Waals surface area (Å²) in [5.41, 5.74) is 3.40. The van der Waals surface area contributed by atoms with Crippen LogP contribution in [0, 0.1) is 6.92 Å². The molecule has 0 radical (unpaired) electrons. The molecule has 0 heterocycles. The molecule has 5 nitrogen and oxygen atoms in total. The lowest BCUT2D eigenvalue weighted by atomic mass is 10.1. The molecule has 0 saturated heterocycles. The van der Waals surface area contributed by atoms with Crippen LogP contribution in [-0.2, 0) is 11.2 Å². The number of methoxy groups -OCH3 is 1. The van der Waals surface area contributed by atoms with Crippen LogP contribution in [0.4, 0.5) is 5.69 Å². The van der Waals surface area contributed by atoms with Crippen molar-refractivity contribution in [3.63, 3.8) is 0 Å². The van der Waals surface area contributed by atoms with Crippen molar-refractivity contribution < 1.29 is 19.1 Å². The number of para-hydroxylation sites is 1. The molecule has 0 unspecified atom stereocenters. The Balaban J connectivity index is 2.05. The van der Waals surface area contributed by atoms with Gasteiger partial charge in [-0.3, -0.25) is 9.59 Å². The number of hydrogen-bond acceptors (Lipinski definition) is 4. The monoisotopic (exact) mass is 327 g/mol. The van der Waals surface area contributed by atoms with Crippen molar-refractivity contribution in [3.05, 3.63) is 53.1 Å². The number of carbonyl (C=O) groups excluding carboxylic acids is 2. The molecule has 2 rings (SSSR count). The highest BCUT2D eigenvalue weighted by atomic mass is 16.5. The number of amides is 1. The van der Waals surface area contributed by atoms with E-state index in [1.165, 1.54) is 7.11 Å². The summed E-state index contributed by atoms with van der Waals surface area (Å²) < 4.78 is 10.7. The molecule has 126 valence electrons. The van der Waals surface area contributed by atoms with Crippen molar-refractivity contribution in [3.8, 4) is 11.5 Å². The molecule has 5 heteroatoms. The molecule has 0 aliphatic carbocycles. The van der Waals surface area contributed by atoms with E-state index in [0.717, 1.165) is 29.5 Å². The summed E-state index contributed by atoms with van der Waals surface area (Å²) in [6.07, 6.45) is 1.56. The van der Waals surface area contributed by atoms with Crippen LogP contribution in [-0.4, -0.2) is 25.9 Å². The third kappa shape index (κ3) is 4.13. The molecule has 0 spiro atoms. The quantitative estimate of drug-likeness (QED) is 0.792. The first-order chi connectivity index (χ1) is 11.6. The summed E-state index contributed by atoms with van der Waals surface area (Å²) in [5.74, 6) is 0.580. The Bertz CT molecular complexity index is 740. The molecule has 2 aromatic carbocycles. The zero-order valence-corrected chi connectivity index (χ0v) is 14.1. The molecule has 0 bridgehead atoms. The lowest BCUT2D eigenvalue weighted by Gasteiger charge is -2.14. The summed E-state index contributed by atoms with van der Waals surface area (Å²) >= 11 is 0. The molecule has 0 atom stereocenters. The number of aryl methyl sites for hydroxylation is 2. The maximum Gasteiger partial charge on any atom is 0.262 e. The third-order valence-electron chi connectivity index (χ3n) is 3.69. The molecule has 0 aliphatic heterocycles. The fourth-order valence-corrected chi connectivity index (χ4v) is 2.40. The van der Waals surface area contributed by atoms with Gasteiger partial charge in [0, 0.05) is 11.3 Å². The first kappa shape index (κ1) is 17.5. The van der Waals surface area contributed by atoms with Crippen molar-refractivity contribution in [2.24, 2.45) is 0 Å². The first-order valence-electron chi connectivity index (χ1n) is 7.73. The van der Waals surface area contributed by atoms with Gasteiger partial charge in [0.05, 0.1) is 7.11 Å². The molecule has 2 aromatic rings. The second kappa shape index (κ2) is 8.15. The minimum Gasteiger partial charge on any atom is -0.493 e. The highest BCUT2D eigenvalue weighted by molar-refractivity contribution is 5.93. The van der Waals surface area contributed by atoms with Crippen LogP contribution in [0.1, 0.15) is 28.4 Å². The summed E-state index contributed by atoms with van der Waals surface area (Å²) in [7, 11) is 1.48. The van der Waals surface area contributed by atoms with Crippen LogP contribution in [0.5, 0.6) is 11.5 Å². The highest BCUT2D eigenvalue weighted by Gasteiger charge is 2.11. The number of anilines is 1. The van der Waals surface area contributed by atoms with E-state index in [4.69, 9.17) is 9.47 Å². The summed E-state index contributed by atoms with van der Waals surface area (Å²) in [6, 6.07) is 10.7. The van der Waals surface area contributed by atoms with Crippen LogP contribution < -0.4 is 14.8 Å². The van der Waals surface area contributed by atoms with Gasteiger partial charge in [0.1, 0.15) is 6.29 Å². The van der Waals surface area contributed by atoms with Crippen LogP contribution in [0.15, 0.2) is 36.4 Å². The average molecular weight is 327 g/mol. The van der Waals surface area contributed by atoms with Gasteiger partial charge in [-0.05, 0) is 42.7 Å². The Kier molecular flexibility index (Phi) is 5.95. The van der Waals surface area contributed by atoms with Crippen molar-refractivity contribution >= 4 is 17.9 Å². The van der Waals surface area contributed by atoms with E-state index in [1.54, 1.807) is 18.2 Å². The molecule has 1 N–H and O–H groups in total. The van der Waals surface area contributed by atoms with Crippen LogP contribution in [0.2, 0.25) is 0 Å². The average Bonchev–Trinajstić information content (AvgIpc) is 2.61. The number of ether oxygens (including phenoxy) is 2. The Morgan fingerprint density at radius 1 is 1.21 bits per heavy atom. The number of nitrogens with one attached hydrogen (secondary N) is 1. The predicted octanol–water partition coefficient (Wildman–Crippen LogP) is 3.40. The third-order valence-corrected chi connectivity index (χ3v) is 3.69. The number of aldehydes is 1. The normalized spacial score (nSPS) is 10.1. The highest BCUT2D eigenvalue weighted by Crippen LogP contribution is 2.27. The first-order valence-corrected chi connectivity index (χ1v) is 7.73. The van der Waals surface area contributed by atoms with Gasteiger partial charge in [-0.25, -0.2) is 0 Å². The standard InChI is InChI=1S/C19H21NO4/c1-4-15-7-5-6-13(2)19(15)20-18(22)12-24-16-9-8-14(11-21)10-17(16)23-3/h5-11H,4,12H2,1-3H3,(H,20,22). The summed E-state index contributed by atoms with van der Waals surface area (Å²) in [5, 5.41) is 2.90. The Morgan fingerprint density at radius 3 is 2.67 bits per heavy atom. The lowest BCUT2D eigenvalue weighted by Crippen LogP contribution is -2.21. The van der Waals surface area contributed by atoms with Crippen LogP contribution in [0.3, 0.4) is 0 Å². The van der Waals surface area contributed by atoms with Crippen LogP contribution >= 0.6 is 0 Å². The van der Waals surface area contributed by atoms with Gasteiger partial charge in [-0.1, -0.05) is 25.1 Å². The van der Waals surface area contributed by atoms with E-state index in [-0.39, 0.29) is 12.5 Å². The SMILES string of the molecule is CCc1cccc(C)c1NC(=O)COc1ccc(C=O)cc1OC. The minimum absolute atomic E-state index is 0.145. The maximum absolute atomic E-state index is 12.2. The van der Waals surface area contributed by atoms with E-state index in [9.17, 15) is 9.59 Å². The fourth-order valence-electron chi connectivity index (χ4n) is 2.40. The van der Waals surface area contributed by atoms with Crippen molar-refractivity contribution in [2.75, 3.05) is 19.0 Å². The maximum atomic E-state index is 12.2. The molecule has 1 amide bonds. The van der Waals surface area contributed by atoms with E-state index in [2.05, 4.69) is 5.32 Å². The Morgan fingerprint density at radius 2 is 2.00 bits per heavy atom. The number of benzene rings is 2. The molecule has 0 aliphatic rings. The molecule has 0 fully saturated rings. The van der Waals surface area contributed by atoms with Crippen molar-refractivity contribution in [2.45, 2.75) is 20.3 Å². The topological polar surface area (TPSA) is 64.6 Å². The number of carbonyl (C=O) groups is 2. The smallest absolute Gasteiger partial charge is 0.262 e. The predicted molar refractivity (Wildman–Crippen MR) is 93.1 cm³/mol. The Hall–Kier alpha value is -2.82. The second-order valence-electron chi connectivity index (χ2n) is 5.33. The van der Waals surface area contributed by atoms with Gasteiger partial charge in [0.25, 0.3) is 5.91 Å². The zero-order valence-electron chi connectivity index (χ0n) is 14.1. The largest absolute Gasteiger partial charge is 0.493 e. The van der Waals surface area contributed by atoms with E-state index >= 15 is 0 Å². The van der Waals surface area contributed by atoms with Crippen molar-refractivity contribution in [1.82, 2.24) is 0 Å². The molecule has 0 aromatic heterocycles. The van der Waals surface area contributed by atoms with Gasteiger partial charge in [-0.15, -0.1) is 0 Å². The van der Waals surface area contributed by atoms with Crippen LogP contribution in [0.25, 0.3) is 0 Å². The minimum atomic E-state index is -0.250. The van der Waals surface area contributed by atoms with E-state index in [1.807, 2.05) is 32.0 Å². The molecular weight excluding hydrogens is 306 g/mol. The number of rotatable bonds is 7. The number of hydrogen-bond donors (Lipinski definition) is 1. The van der Waals surface area contributed by atoms with E-state index in [0.29, 0.717) is 17.1 Å². The fraction of sp³-hybridized carbons (Fsp3) is 0.263. The van der Waals surface area contributed by atoms with Crippen molar-refractivity contribution in [1.29, 1.82) is 0 Å². The summed E-state index contributed by atoms with van der Waals surface area (Å²) in [4.78, 5) is 23.0. The van der Waals surface area contributed by atoms with Gasteiger partial charge in [0.2, 0.25) is 0 Å². The van der Waals surface area contributed by atoms with Gasteiger partial charge in [-0.2, -0.15) is 0 Å². The zero-order chi connectivity index (χ0) is 17.5. The van der Waals surface area contributed by atoms with Gasteiger partial charge in [0.15, 0.2) is 18.1 Å². The molecule has 0 saturated carbocycles. The second-order valence-corrected chi connectivity index (χ2v) is 5.33. The van der Waals surface area contributed by atoms with Gasteiger partial charge < -0.3 is 14.8 Å². The Labute approximate surface area is 141 Å². The van der Waals surface area contributed by atoms with E-state index < -0.39 is 0 Å². The molecular formula is C19H21NO4. The molecule has 24 heavy (non-hydrogen) atoms. The van der Waals surface area contributed by atoms with Gasteiger partial charge >= 0.3 is 0 Å². The lowest BCUT2D eigenvalue weighted by molar-refractivity contribution is -0.118.